The number of aliphatic hydroxyl groups excluding tert-OH is 6. The molecule has 0 aromatic carbocycles. The molecular weight excluding hydrogens is 466 g/mol. The Kier molecular flexibility index (Phi) is 10.2. The average molecular weight is 510 g/mol. The van der Waals surface area contributed by atoms with Crippen molar-refractivity contribution in [2.24, 2.45) is 23.1 Å². The minimum atomic E-state index is -1.44. The standard InChI is InChI=1S/C22H43N3O10/c1-3-4-5-9-6-10(24)19(34-21-12(25)15(29)14(28)11(7-26)32-21)20(13(9)27)35-22-17(31)16(30)18(33-22)8(2)23/h8-22,26-31H,3-7,23-25H2,1-2H3/t8-,9+,10?,11?,12?,13?,14+,15+,16+,17?,18+,19+,20+,21+,22-/m0/s1. The Morgan fingerprint density at radius 2 is 1.54 bits per heavy atom. The molecule has 0 bridgehead atoms. The van der Waals surface area contributed by atoms with Crippen LogP contribution in [0.15, 0.2) is 0 Å². The van der Waals surface area contributed by atoms with Crippen molar-refractivity contribution in [3.63, 3.8) is 0 Å². The molecule has 15 atom stereocenters. The van der Waals surface area contributed by atoms with E-state index in [-0.39, 0.29) is 5.92 Å². The zero-order chi connectivity index (χ0) is 26.0. The molecule has 2 heterocycles. The van der Waals surface area contributed by atoms with Gasteiger partial charge in [-0.05, 0) is 25.7 Å². The molecule has 13 heteroatoms. The number of aliphatic hydroxyl groups is 6. The van der Waals surface area contributed by atoms with Crippen molar-refractivity contribution < 1.29 is 49.6 Å². The first kappa shape index (κ1) is 29.0. The van der Waals surface area contributed by atoms with Crippen LogP contribution in [0.3, 0.4) is 0 Å². The van der Waals surface area contributed by atoms with Gasteiger partial charge in [-0.15, -0.1) is 0 Å². The second kappa shape index (κ2) is 12.3. The Morgan fingerprint density at radius 1 is 0.886 bits per heavy atom. The third kappa shape index (κ3) is 6.14. The number of nitrogens with two attached hydrogens (primary N) is 3. The van der Waals surface area contributed by atoms with Crippen molar-refractivity contribution in [2.45, 2.75) is 125 Å². The normalized spacial score (nSPS) is 49.8. The van der Waals surface area contributed by atoms with E-state index < -0.39 is 92.2 Å². The maximum Gasteiger partial charge on any atom is 0.187 e. The zero-order valence-corrected chi connectivity index (χ0v) is 20.2. The lowest BCUT2D eigenvalue weighted by Crippen LogP contribution is -2.66. The summed E-state index contributed by atoms with van der Waals surface area (Å²) >= 11 is 0. The molecule has 0 amide bonds. The number of hydrogen-bond acceptors (Lipinski definition) is 13. The molecule has 1 aliphatic carbocycles. The monoisotopic (exact) mass is 509 g/mol. The van der Waals surface area contributed by atoms with Crippen LogP contribution in [-0.2, 0) is 18.9 Å². The fourth-order valence-electron chi connectivity index (χ4n) is 5.17. The second-order valence-corrected chi connectivity index (χ2v) is 10.1. The van der Waals surface area contributed by atoms with Crippen LogP contribution in [0.4, 0.5) is 0 Å². The lowest BCUT2D eigenvalue weighted by Gasteiger charge is -2.48. The maximum atomic E-state index is 11.2. The van der Waals surface area contributed by atoms with Crippen molar-refractivity contribution in [3.8, 4) is 0 Å². The van der Waals surface area contributed by atoms with Crippen molar-refractivity contribution in [2.75, 3.05) is 6.61 Å². The summed E-state index contributed by atoms with van der Waals surface area (Å²) in [4.78, 5) is 0. The van der Waals surface area contributed by atoms with Gasteiger partial charge in [0.05, 0.1) is 18.8 Å². The summed E-state index contributed by atoms with van der Waals surface area (Å²) in [5.41, 5.74) is 18.3. The minimum Gasteiger partial charge on any atom is -0.394 e. The fraction of sp³-hybridized carbons (Fsp3) is 1.00. The van der Waals surface area contributed by atoms with Crippen molar-refractivity contribution in [3.05, 3.63) is 0 Å². The van der Waals surface area contributed by atoms with Crippen LogP contribution in [0.2, 0.25) is 0 Å². The Bertz CT molecular complexity index is 661. The number of unbranched alkanes of at least 4 members (excludes halogenated alkanes) is 1. The smallest absolute Gasteiger partial charge is 0.187 e. The summed E-state index contributed by atoms with van der Waals surface area (Å²) in [7, 11) is 0. The maximum absolute atomic E-state index is 11.2. The Labute approximate surface area is 205 Å². The molecule has 3 fully saturated rings. The predicted molar refractivity (Wildman–Crippen MR) is 121 cm³/mol. The second-order valence-electron chi connectivity index (χ2n) is 10.1. The summed E-state index contributed by atoms with van der Waals surface area (Å²) < 4.78 is 23.3. The Balaban J connectivity index is 1.82. The number of ether oxygens (including phenoxy) is 4. The van der Waals surface area contributed by atoms with Gasteiger partial charge in [0, 0.05) is 12.1 Å². The third-order valence-corrected chi connectivity index (χ3v) is 7.35. The van der Waals surface area contributed by atoms with Crippen LogP contribution in [0.1, 0.15) is 39.5 Å². The van der Waals surface area contributed by atoms with Gasteiger partial charge in [0.15, 0.2) is 12.6 Å². The van der Waals surface area contributed by atoms with Crippen LogP contribution in [0, 0.1) is 5.92 Å². The van der Waals surface area contributed by atoms with Crippen LogP contribution < -0.4 is 17.2 Å². The number of rotatable bonds is 9. The van der Waals surface area contributed by atoms with Gasteiger partial charge in [0.2, 0.25) is 0 Å². The molecule has 12 N–H and O–H groups in total. The highest BCUT2D eigenvalue weighted by Gasteiger charge is 2.52. The summed E-state index contributed by atoms with van der Waals surface area (Å²) in [6, 6.07) is -2.41. The van der Waals surface area contributed by atoms with Gasteiger partial charge in [0.25, 0.3) is 0 Å². The molecule has 2 saturated heterocycles. The van der Waals surface area contributed by atoms with Gasteiger partial charge < -0.3 is 66.8 Å². The van der Waals surface area contributed by atoms with E-state index in [0.29, 0.717) is 12.8 Å². The molecule has 0 spiro atoms. The molecule has 206 valence electrons. The Hall–Kier alpha value is -0.520. The van der Waals surface area contributed by atoms with Crippen molar-refractivity contribution in [1.29, 1.82) is 0 Å². The first-order valence-corrected chi connectivity index (χ1v) is 12.4. The molecule has 0 radical (unpaired) electrons. The van der Waals surface area contributed by atoms with E-state index in [1.54, 1.807) is 6.92 Å². The topological polar surface area (TPSA) is 236 Å². The Morgan fingerprint density at radius 3 is 2.11 bits per heavy atom. The predicted octanol–water partition coefficient (Wildman–Crippen LogP) is -3.78. The highest BCUT2D eigenvalue weighted by atomic mass is 16.7. The van der Waals surface area contributed by atoms with Crippen molar-refractivity contribution in [1.82, 2.24) is 0 Å². The van der Waals surface area contributed by atoms with Crippen LogP contribution in [0.5, 0.6) is 0 Å². The van der Waals surface area contributed by atoms with E-state index in [1.807, 2.05) is 6.92 Å². The van der Waals surface area contributed by atoms with Crippen LogP contribution in [-0.4, -0.2) is 123 Å². The minimum absolute atomic E-state index is 0.221. The molecule has 2 aliphatic heterocycles. The van der Waals surface area contributed by atoms with Gasteiger partial charge in [0.1, 0.15) is 48.8 Å². The van der Waals surface area contributed by atoms with E-state index >= 15 is 0 Å². The largest absolute Gasteiger partial charge is 0.394 e. The van der Waals surface area contributed by atoms with Gasteiger partial charge in [-0.25, -0.2) is 0 Å². The molecule has 3 rings (SSSR count). The van der Waals surface area contributed by atoms with Gasteiger partial charge >= 0.3 is 0 Å². The van der Waals surface area contributed by atoms with Gasteiger partial charge in [-0.2, -0.15) is 0 Å². The fourth-order valence-corrected chi connectivity index (χ4v) is 5.17. The molecule has 13 nitrogen and oxygen atoms in total. The highest BCUT2D eigenvalue weighted by molar-refractivity contribution is 5.00. The molecule has 3 aliphatic rings. The van der Waals surface area contributed by atoms with Crippen LogP contribution in [0.25, 0.3) is 0 Å². The molecule has 35 heavy (non-hydrogen) atoms. The zero-order valence-electron chi connectivity index (χ0n) is 20.2. The van der Waals surface area contributed by atoms with E-state index in [0.717, 1.165) is 12.8 Å². The third-order valence-electron chi connectivity index (χ3n) is 7.35. The number of hydrogen-bond donors (Lipinski definition) is 9. The molecule has 0 aromatic heterocycles. The highest BCUT2D eigenvalue weighted by Crippen LogP contribution is 2.36. The lowest BCUT2D eigenvalue weighted by atomic mass is 9.77. The molecule has 1 saturated carbocycles. The summed E-state index contributed by atoms with van der Waals surface area (Å²) in [5.74, 6) is -0.221. The van der Waals surface area contributed by atoms with Crippen molar-refractivity contribution >= 4 is 0 Å². The summed E-state index contributed by atoms with van der Waals surface area (Å²) in [6.07, 6.45) is -10.5. The SMILES string of the molecule is CCCC[C@@H]1CC(N)[C@@H](O[C@H]2OC(CO)[C@@H](O)[C@H](O)C2N)[C@H](O[C@@H]2O[C@H]([C@H](C)N)[C@H](O)C2O)C1O. The first-order chi connectivity index (χ1) is 16.5. The molecule has 0 aromatic rings. The summed E-state index contributed by atoms with van der Waals surface area (Å²) in [5, 5.41) is 61.9. The molecule has 5 unspecified atom stereocenters. The molecular formula is C22H43N3O10. The van der Waals surface area contributed by atoms with Gasteiger partial charge in [-0.1, -0.05) is 19.8 Å². The van der Waals surface area contributed by atoms with E-state index in [4.69, 9.17) is 36.1 Å². The van der Waals surface area contributed by atoms with Crippen LogP contribution >= 0.6 is 0 Å². The van der Waals surface area contributed by atoms with E-state index in [9.17, 15) is 30.6 Å². The quantitative estimate of drug-likeness (QED) is 0.145. The van der Waals surface area contributed by atoms with E-state index in [2.05, 4.69) is 0 Å². The van der Waals surface area contributed by atoms with E-state index in [1.165, 1.54) is 0 Å². The van der Waals surface area contributed by atoms with Gasteiger partial charge in [-0.3, -0.25) is 0 Å². The summed E-state index contributed by atoms with van der Waals surface area (Å²) in [6.45, 7) is 3.08. The lowest BCUT2D eigenvalue weighted by molar-refractivity contribution is -0.313. The first-order valence-electron chi connectivity index (χ1n) is 12.4. The average Bonchev–Trinajstić information content (AvgIpc) is 3.11.